The fraction of sp³-hybridized carbons (Fsp3) is 0.200. The molecule has 0 saturated carbocycles. The third kappa shape index (κ3) is 3.46. The van der Waals surface area contributed by atoms with E-state index >= 15 is 0 Å². The largest absolute Gasteiger partial charge is 0.497 e. The molecule has 0 N–H and O–H groups in total. The van der Waals surface area contributed by atoms with E-state index in [2.05, 4.69) is 21.5 Å². The van der Waals surface area contributed by atoms with Gasteiger partial charge in [-0.15, -0.1) is 23.1 Å². The van der Waals surface area contributed by atoms with Crippen LogP contribution in [0.1, 0.15) is 5.69 Å². The zero-order valence-electron chi connectivity index (χ0n) is 11.8. The average Bonchev–Trinajstić information content (AvgIpc) is 3.14. The Morgan fingerprint density at radius 1 is 1.38 bits per heavy atom. The molecule has 3 aromatic rings. The minimum absolute atomic E-state index is 0.851. The quantitative estimate of drug-likeness (QED) is 0.670. The zero-order chi connectivity index (χ0) is 14.7. The van der Waals surface area contributed by atoms with Crippen molar-refractivity contribution in [1.29, 1.82) is 0 Å². The highest BCUT2D eigenvalue weighted by atomic mass is 32.2. The van der Waals surface area contributed by atoms with Crippen molar-refractivity contribution in [2.24, 2.45) is 7.05 Å². The van der Waals surface area contributed by atoms with Crippen molar-refractivity contribution >= 4 is 23.1 Å². The molecule has 0 spiro atoms. The second kappa shape index (κ2) is 6.32. The highest BCUT2D eigenvalue weighted by molar-refractivity contribution is 7.98. The fourth-order valence-electron chi connectivity index (χ4n) is 1.89. The molecule has 0 fully saturated rings. The Bertz CT molecular complexity index is 736. The van der Waals surface area contributed by atoms with Gasteiger partial charge in [0.15, 0.2) is 0 Å². The first-order valence-electron chi connectivity index (χ1n) is 6.45. The minimum atomic E-state index is 0.851. The molecule has 0 atom stereocenters. The standard InChI is InChI=1S/C15H15N3OS2/c1-18-8-11(7-16-18)15-17-12(10-21-15)9-20-14-5-3-4-13(6-14)19-2/h3-8,10H,9H2,1-2H3. The second-order valence-electron chi connectivity index (χ2n) is 4.51. The Kier molecular flexibility index (Phi) is 4.26. The van der Waals surface area contributed by atoms with E-state index in [4.69, 9.17) is 4.74 Å². The number of rotatable bonds is 5. The predicted octanol–water partition coefficient (Wildman–Crippen LogP) is 3.84. The maximum absolute atomic E-state index is 5.23. The van der Waals surface area contributed by atoms with Crippen LogP contribution in [0.3, 0.4) is 0 Å². The zero-order valence-corrected chi connectivity index (χ0v) is 13.4. The minimum Gasteiger partial charge on any atom is -0.497 e. The van der Waals surface area contributed by atoms with Gasteiger partial charge in [0.2, 0.25) is 0 Å². The molecule has 3 rings (SSSR count). The van der Waals surface area contributed by atoms with Crippen molar-refractivity contribution in [3.8, 4) is 16.3 Å². The molecule has 108 valence electrons. The van der Waals surface area contributed by atoms with Crippen LogP contribution in [0.2, 0.25) is 0 Å². The SMILES string of the molecule is COc1cccc(SCc2csc(-c3cnn(C)c3)n2)c1. The van der Waals surface area contributed by atoms with Crippen LogP contribution in [0, 0.1) is 0 Å². The number of aromatic nitrogens is 3. The maximum Gasteiger partial charge on any atom is 0.126 e. The first-order chi connectivity index (χ1) is 10.2. The number of nitrogens with zero attached hydrogens (tertiary/aromatic N) is 3. The van der Waals surface area contributed by atoms with Gasteiger partial charge in [-0.2, -0.15) is 5.10 Å². The number of aryl methyl sites for hydroxylation is 1. The van der Waals surface area contributed by atoms with Gasteiger partial charge < -0.3 is 4.74 Å². The lowest BCUT2D eigenvalue weighted by Crippen LogP contribution is -1.85. The Morgan fingerprint density at radius 2 is 2.29 bits per heavy atom. The molecular formula is C15H15N3OS2. The first kappa shape index (κ1) is 14.2. The predicted molar refractivity (Wildman–Crippen MR) is 86.9 cm³/mol. The molecule has 0 aliphatic heterocycles. The Morgan fingerprint density at radius 3 is 3.05 bits per heavy atom. The molecular weight excluding hydrogens is 302 g/mol. The van der Waals surface area contributed by atoms with Crippen LogP contribution in [-0.2, 0) is 12.8 Å². The Hall–Kier alpha value is -1.79. The van der Waals surface area contributed by atoms with Gasteiger partial charge >= 0.3 is 0 Å². The van der Waals surface area contributed by atoms with Crippen molar-refractivity contribution in [3.05, 3.63) is 47.7 Å². The summed E-state index contributed by atoms with van der Waals surface area (Å²) in [5.41, 5.74) is 2.16. The molecule has 0 radical (unpaired) electrons. The summed E-state index contributed by atoms with van der Waals surface area (Å²) >= 11 is 3.42. The number of methoxy groups -OCH3 is 1. The average molecular weight is 317 g/mol. The van der Waals surface area contributed by atoms with Crippen molar-refractivity contribution in [1.82, 2.24) is 14.8 Å². The summed E-state index contributed by atoms with van der Waals surface area (Å²) in [7, 11) is 3.60. The fourth-order valence-corrected chi connectivity index (χ4v) is 3.62. The van der Waals surface area contributed by atoms with E-state index in [0.29, 0.717) is 0 Å². The number of benzene rings is 1. The third-order valence-corrected chi connectivity index (χ3v) is 4.90. The lowest BCUT2D eigenvalue weighted by molar-refractivity contribution is 0.413. The molecule has 4 nitrogen and oxygen atoms in total. The molecule has 1 aromatic carbocycles. The van der Waals surface area contributed by atoms with Crippen LogP contribution in [-0.4, -0.2) is 21.9 Å². The van der Waals surface area contributed by atoms with Gasteiger partial charge in [0.25, 0.3) is 0 Å². The lowest BCUT2D eigenvalue weighted by Gasteiger charge is -2.02. The monoisotopic (exact) mass is 317 g/mol. The Balaban J connectivity index is 1.67. The summed E-state index contributed by atoms with van der Waals surface area (Å²) in [6.07, 6.45) is 3.83. The molecule has 6 heteroatoms. The van der Waals surface area contributed by atoms with E-state index in [1.165, 1.54) is 4.90 Å². The van der Waals surface area contributed by atoms with Crippen LogP contribution in [0.25, 0.3) is 10.6 Å². The van der Waals surface area contributed by atoms with Gasteiger partial charge in [-0.3, -0.25) is 4.68 Å². The molecule has 0 saturated heterocycles. The van der Waals surface area contributed by atoms with Gasteiger partial charge in [0.05, 0.1) is 19.0 Å². The molecule has 21 heavy (non-hydrogen) atoms. The highest BCUT2D eigenvalue weighted by Crippen LogP contribution is 2.29. The first-order valence-corrected chi connectivity index (χ1v) is 8.31. The number of thioether (sulfide) groups is 1. The summed E-state index contributed by atoms with van der Waals surface area (Å²) in [4.78, 5) is 5.85. The summed E-state index contributed by atoms with van der Waals surface area (Å²) < 4.78 is 7.03. The van der Waals surface area contributed by atoms with Crippen LogP contribution < -0.4 is 4.74 Å². The number of hydrogen-bond donors (Lipinski definition) is 0. The molecule has 2 aromatic heterocycles. The number of ether oxygens (including phenoxy) is 1. The summed E-state index contributed by atoms with van der Waals surface area (Å²) in [6, 6.07) is 8.08. The van der Waals surface area contributed by atoms with E-state index in [0.717, 1.165) is 27.8 Å². The molecule has 0 unspecified atom stereocenters. The molecule has 0 amide bonds. The van der Waals surface area contributed by atoms with E-state index in [9.17, 15) is 0 Å². The number of thiazole rings is 1. The molecule has 0 bridgehead atoms. The third-order valence-electron chi connectivity index (χ3n) is 2.93. The van der Waals surface area contributed by atoms with Crippen LogP contribution >= 0.6 is 23.1 Å². The summed E-state index contributed by atoms with van der Waals surface area (Å²) in [6.45, 7) is 0. The van der Waals surface area contributed by atoms with E-state index in [1.807, 2.05) is 37.6 Å². The van der Waals surface area contributed by atoms with Gasteiger partial charge in [0, 0.05) is 34.8 Å². The highest BCUT2D eigenvalue weighted by Gasteiger charge is 2.07. The van der Waals surface area contributed by atoms with E-state index in [1.54, 1.807) is 34.9 Å². The molecule has 0 aliphatic carbocycles. The van der Waals surface area contributed by atoms with Crippen LogP contribution in [0.5, 0.6) is 5.75 Å². The molecule has 0 aliphatic rings. The van der Waals surface area contributed by atoms with Crippen molar-refractivity contribution in [2.75, 3.05) is 7.11 Å². The second-order valence-corrected chi connectivity index (χ2v) is 6.42. The Labute approximate surface area is 131 Å². The molecule has 2 heterocycles. The van der Waals surface area contributed by atoms with E-state index < -0.39 is 0 Å². The van der Waals surface area contributed by atoms with Gasteiger partial charge in [-0.05, 0) is 18.2 Å². The van der Waals surface area contributed by atoms with Gasteiger partial charge in [-0.1, -0.05) is 6.07 Å². The van der Waals surface area contributed by atoms with Crippen LogP contribution in [0.4, 0.5) is 0 Å². The summed E-state index contributed by atoms with van der Waals surface area (Å²) in [5, 5.41) is 7.30. The van der Waals surface area contributed by atoms with Gasteiger partial charge in [0.1, 0.15) is 10.8 Å². The van der Waals surface area contributed by atoms with Crippen LogP contribution in [0.15, 0.2) is 46.9 Å². The van der Waals surface area contributed by atoms with Crippen molar-refractivity contribution in [2.45, 2.75) is 10.6 Å². The van der Waals surface area contributed by atoms with Crippen molar-refractivity contribution < 1.29 is 4.74 Å². The maximum atomic E-state index is 5.23. The van der Waals surface area contributed by atoms with Gasteiger partial charge in [-0.25, -0.2) is 4.98 Å². The van der Waals surface area contributed by atoms with Crippen molar-refractivity contribution in [3.63, 3.8) is 0 Å². The number of hydrogen-bond acceptors (Lipinski definition) is 5. The normalized spacial score (nSPS) is 10.8. The lowest BCUT2D eigenvalue weighted by atomic mass is 10.3. The van der Waals surface area contributed by atoms with E-state index in [-0.39, 0.29) is 0 Å². The summed E-state index contributed by atoms with van der Waals surface area (Å²) in [5.74, 6) is 1.73. The topological polar surface area (TPSA) is 39.9 Å². The smallest absolute Gasteiger partial charge is 0.126 e.